The van der Waals surface area contributed by atoms with Crippen molar-refractivity contribution in [3.05, 3.63) is 97.6 Å². The maximum atomic E-state index is 6.55. The molecule has 0 aliphatic heterocycles. The minimum absolute atomic E-state index is 0.164. The first-order chi connectivity index (χ1) is 16.2. The molecule has 1 fully saturated rings. The zero-order chi connectivity index (χ0) is 22.4. The van der Waals surface area contributed by atoms with Crippen LogP contribution in [0.15, 0.2) is 92.0 Å². The van der Waals surface area contributed by atoms with Crippen LogP contribution in [-0.2, 0) is 5.54 Å². The molecule has 0 spiro atoms. The molecule has 5 nitrogen and oxygen atoms in total. The van der Waals surface area contributed by atoms with Gasteiger partial charge in [-0.05, 0) is 37.0 Å². The average molecular weight is 432 g/mol. The average Bonchev–Trinajstić information content (AvgIpc) is 3.47. The molecule has 5 heteroatoms. The quantitative estimate of drug-likeness (QED) is 0.373. The molecular formula is C28H25N5. The molecule has 0 unspecified atom stereocenters. The molecule has 3 heterocycles. The van der Waals surface area contributed by atoms with Crippen LogP contribution in [0.4, 0.5) is 0 Å². The van der Waals surface area contributed by atoms with Gasteiger partial charge in [-0.1, -0.05) is 61.2 Å². The second kappa shape index (κ2) is 7.57. The molecular weight excluding hydrogens is 406 g/mol. The molecule has 0 atom stereocenters. The predicted molar refractivity (Wildman–Crippen MR) is 133 cm³/mol. The SMILES string of the molecule is C=Cn1cncc1-c1ccn2c(-c3ccccc3)c(-c3ccc(C4(N)CCC4)cc3)nc2c1. The summed E-state index contributed by atoms with van der Waals surface area (Å²) in [6.45, 7) is 3.88. The highest BCUT2D eigenvalue weighted by Gasteiger charge is 2.34. The van der Waals surface area contributed by atoms with Gasteiger partial charge >= 0.3 is 0 Å². The van der Waals surface area contributed by atoms with Gasteiger partial charge in [0.1, 0.15) is 5.65 Å². The van der Waals surface area contributed by atoms with Crippen molar-refractivity contribution in [1.82, 2.24) is 18.9 Å². The number of rotatable bonds is 5. The van der Waals surface area contributed by atoms with Gasteiger partial charge in [0.2, 0.25) is 0 Å². The Bertz CT molecular complexity index is 1450. The first-order valence-corrected chi connectivity index (χ1v) is 11.3. The molecule has 3 aromatic heterocycles. The van der Waals surface area contributed by atoms with Crippen molar-refractivity contribution >= 4 is 11.8 Å². The summed E-state index contributed by atoms with van der Waals surface area (Å²) in [5.41, 5.74) is 14.8. The highest BCUT2D eigenvalue weighted by atomic mass is 15.0. The summed E-state index contributed by atoms with van der Waals surface area (Å²) >= 11 is 0. The number of nitrogens with zero attached hydrogens (tertiary/aromatic N) is 4. The number of nitrogens with two attached hydrogens (primary N) is 1. The summed E-state index contributed by atoms with van der Waals surface area (Å²) in [5, 5.41) is 0. The molecule has 1 aliphatic rings. The Morgan fingerprint density at radius 2 is 1.73 bits per heavy atom. The van der Waals surface area contributed by atoms with Crippen LogP contribution in [0.1, 0.15) is 24.8 Å². The largest absolute Gasteiger partial charge is 0.321 e. The molecule has 0 amide bonds. The summed E-state index contributed by atoms with van der Waals surface area (Å²) in [6, 6.07) is 23.3. The predicted octanol–water partition coefficient (Wildman–Crippen LogP) is 5.97. The van der Waals surface area contributed by atoms with E-state index in [4.69, 9.17) is 10.7 Å². The lowest BCUT2D eigenvalue weighted by molar-refractivity contribution is 0.253. The van der Waals surface area contributed by atoms with Crippen LogP contribution in [-0.4, -0.2) is 18.9 Å². The lowest BCUT2D eigenvalue weighted by atomic mass is 9.72. The van der Waals surface area contributed by atoms with Gasteiger partial charge in [-0.3, -0.25) is 4.40 Å². The Labute approximate surface area is 192 Å². The lowest BCUT2D eigenvalue weighted by Crippen LogP contribution is -2.43. The third kappa shape index (κ3) is 3.20. The number of benzene rings is 2. The molecule has 6 rings (SSSR count). The van der Waals surface area contributed by atoms with Crippen molar-refractivity contribution < 1.29 is 0 Å². The Morgan fingerprint density at radius 3 is 2.42 bits per heavy atom. The lowest BCUT2D eigenvalue weighted by Gasteiger charge is -2.38. The summed E-state index contributed by atoms with van der Waals surface area (Å²) in [6.07, 6.45) is 10.8. The van der Waals surface area contributed by atoms with E-state index in [0.29, 0.717) is 0 Å². The fraction of sp³-hybridized carbons (Fsp3) is 0.143. The van der Waals surface area contributed by atoms with Crippen LogP contribution in [0.2, 0.25) is 0 Å². The van der Waals surface area contributed by atoms with Crippen LogP contribution >= 0.6 is 0 Å². The van der Waals surface area contributed by atoms with Crippen molar-refractivity contribution in [2.75, 3.05) is 0 Å². The highest BCUT2D eigenvalue weighted by Crippen LogP contribution is 2.40. The third-order valence-corrected chi connectivity index (χ3v) is 6.81. The summed E-state index contributed by atoms with van der Waals surface area (Å²) in [4.78, 5) is 9.35. The van der Waals surface area contributed by atoms with Crippen molar-refractivity contribution in [2.45, 2.75) is 24.8 Å². The van der Waals surface area contributed by atoms with Crippen molar-refractivity contribution in [3.63, 3.8) is 0 Å². The molecule has 2 N–H and O–H groups in total. The van der Waals surface area contributed by atoms with E-state index in [2.05, 4.69) is 82.8 Å². The number of aromatic nitrogens is 4. The normalized spacial score (nSPS) is 14.8. The zero-order valence-electron chi connectivity index (χ0n) is 18.4. The molecule has 5 aromatic rings. The Hall–Kier alpha value is -3.96. The number of pyridine rings is 1. The summed E-state index contributed by atoms with van der Waals surface area (Å²) in [5.74, 6) is 0. The van der Waals surface area contributed by atoms with Gasteiger partial charge in [-0.2, -0.15) is 0 Å². The Balaban J connectivity index is 1.52. The molecule has 0 saturated heterocycles. The van der Waals surface area contributed by atoms with E-state index in [1.807, 2.05) is 16.8 Å². The third-order valence-electron chi connectivity index (χ3n) is 6.81. The van der Waals surface area contributed by atoms with E-state index in [0.717, 1.165) is 52.3 Å². The van der Waals surface area contributed by atoms with Gasteiger partial charge < -0.3 is 10.3 Å². The summed E-state index contributed by atoms with van der Waals surface area (Å²) < 4.78 is 4.07. The highest BCUT2D eigenvalue weighted by molar-refractivity contribution is 5.83. The first-order valence-electron chi connectivity index (χ1n) is 11.3. The van der Waals surface area contributed by atoms with Crippen LogP contribution in [0, 0.1) is 0 Å². The molecule has 2 aromatic carbocycles. The van der Waals surface area contributed by atoms with Crippen LogP contribution in [0.5, 0.6) is 0 Å². The van der Waals surface area contributed by atoms with Gasteiger partial charge in [0.25, 0.3) is 0 Å². The van der Waals surface area contributed by atoms with Crippen molar-refractivity contribution in [3.8, 4) is 33.8 Å². The molecule has 33 heavy (non-hydrogen) atoms. The Morgan fingerprint density at radius 1 is 0.939 bits per heavy atom. The van der Waals surface area contributed by atoms with E-state index in [9.17, 15) is 0 Å². The maximum absolute atomic E-state index is 6.55. The van der Waals surface area contributed by atoms with E-state index in [1.54, 1.807) is 12.5 Å². The second-order valence-corrected chi connectivity index (χ2v) is 8.77. The van der Waals surface area contributed by atoms with Crippen LogP contribution in [0.25, 0.3) is 45.6 Å². The van der Waals surface area contributed by atoms with Gasteiger partial charge in [-0.15, -0.1) is 0 Å². The number of hydrogen-bond donors (Lipinski definition) is 1. The monoisotopic (exact) mass is 431 g/mol. The Kier molecular flexibility index (Phi) is 4.52. The molecule has 1 aliphatic carbocycles. The topological polar surface area (TPSA) is 61.1 Å². The van der Waals surface area contributed by atoms with Crippen LogP contribution in [0.3, 0.4) is 0 Å². The van der Waals surface area contributed by atoms with Gasteiger partial charge in [-0.25, -0.2) is 9.97 Å². The molecule has 162 valence electrons. The molecule has 0 bridgehead atoms. The fourth-order valence-corrected chi connectivity index (χ4v) is 4.76. The zero-order valence-corrected chi connectivity index (χ0v) is 18.4. The van der Waals surface area contributed by atoms with E-state index < -0.39 is 0 Å². The van der Waals surface area contributed by atoms with E-state index >= 15 is 0 Å². The second-order valence-electron chi connectivity index (χ2n) is 8.77. The van der Waals surface area contributed by atoms with E-state index in [1.165, 1.54) is 12.0 Å². The number of hydrogen-bond acceptors (Lipinski definition) is 3. The van der Waals surface area contributed by atoms with Gasteiger partial charge in [0.05, 0.1) is 29.6 Å². The van der Waals surface area contributed by atoms with Crippen LogP contribution < -0.4 is 5.73 Å². The maximum Gasteiger partial charge on any atom is 0.138 e. The van der Waals surface area contributed by atoms with E-state index in [-0.39, 0.29) is 5.54 Å². The molecule has 1 saturated carbocycles. The smallest absolute Gasteiger partial charge is 0.138 e. The standard InChI is InChI=1S/C28H25N5/c1-2-32-19-30-18-24(32)22-13-16-33-25(17-22)31-26(27(33)21-7-4-3-5-8-21)20-9-11-23(12-10-20)28(29)14-6-15-28/h2-5,7-13,16-19H,1,6,14-15,29H2. The van der Waals surface area contributed by atoms with Crippen molar-refractivity contribution in [1.29, 1.82) is 0 Å². The minimum atomic E-state index is -0.164. The minimum Gasteiger partial charge on any atom is -0.321 e. The molecule has 0 radical (unpaired) electrons. The van der Waals surface area contributed by atoms with Gasteiger partial charge in [0, 0.05) is 34.6 Å². The number of fused-ring (bicyclic) bond motifs is 1. The van der Waals surface area contributed by atoms with Gasteiger partial charge in [0.15, 0.2) is 0 Å². The first kappa shape index (κ1) is 19.7. The number of imidazole rings is 2. The summed E-state index contributed by atoms with van der Waals surface area (Å²) in [7, 11) is 0. The van der Waals surface area contributed by atoms with Crippen molar-refractivity contribution in [2.24, 2.45) is 5.73 Å². The fourth-order valence-electron chi connectivity index (χ4n) is 4.76.